The fraction of sp³-hybridized carbons (Fsp3) is 0.500. The van der Waals surface area contributed by atoms with Crippen molar-refractivity contribution in [3.63, 3.8) is 0 Å². The summed E-state index contributed by atoms with van der Waals surface area (Å²) in [5.74, 6) is 0.718. The molecule has 1 nitrogen and oxygen atoms in total. The molecule has 0 aliphatic carbocycles. The first kappa shape index (κ1) is 13.0. The normalized spacial score (nSPS) is 12.8. The molecule has 0 saturated carbocycles. The van der Waals surface area contributed by atoms with Gasteiger partial charge in [-0.1, -0.05) is 47.8 Å². The summed E-state index contributed by atoms with van der Waals surface area (Å²) in [6.07, 6.45) is 1.21. The van der Waals surface area contributed by atoms with Gasteiger partial charge in [-0.05, 0) is 36.2 Å². The molecule has 0 amide bonds. The minimum atomic E-state index is 0.718. The van der Waals surface area contributed by atoms with Crippen LogP contribution in [-0.4, -0.2) is 6.54 Å². The maximum atomic E-state index is 6.08. The van der Waals surface area contributed by atoms with E-state index in [0.717, 1.165) is 34.1 Å². The highest BCUT2D eigenvalue weighted by atomic mass is 79.9. The van der Waals surface area contributed by atoms with E-state index in [1.54, 1.807) is 0 Å². The van der Waals surface area contributed by atoms with Crippen LogP contribution in [0.1, 0.15) is 25.8 Å². The number of halogens is 2. The van der Waals surface area contributed by atoms with Gasteiger partial charge < -0.3 is 5.32 Å². The first-order chi connectivity index (χ1) is 7.13. The van der Waals surface area contributed by atoms with Crippen molar-refractivity contribution >= 4 is 27.5 Å². The lowest BCUT2D eigenvalue weighted by molar-refractivity contribution is 0.500. The van der Waals surface area contributed by atoms with Crippen LogP contribution in [0, 0.1) is 5.92 Å². The second kappa shape index (κ2) is 6.51. The van der Waals surface area contributed by atoms with Crippen molar-refractivity contribution in [1.82, 2.24) is 5.32 Å². The van der Waals surface area contributed by atoms with Crippen molar-refractivity contribution in [1.29, 1.82) is 0 Å². The van der Waals surface area contributed by atoms with Crippen LogP contribution < -0.4 is 5.32 Å². The number of hydrogen-bond donors (Lipinski definition) is 1. The molecule has 1 rings (SSSR count). The fourth-order valence-corrected chi connectivity index (χ4v) is 1.87. The first-order valence-corrected chi connectivity index (χ1v) is 6.45. The van der Waals surface area contributed by atoms with Crippen LogP contribution in [0.4, 0.5) is 0 Å². The molecular weight excluding hydrogens is 273 g/mol. The van der Waals surface area contributed by atoms with E-state index in [2.05, 4.69) is 41.2 Å². The van der Waals surface area contributed by atoms with Crippen molar-refractivity contribution in [2.24, 2.45) is 5.92 Å². The van der Waals surface area contributed by atoms with Gasteiger partial charge in [-0.2, -0.15) is 0 Å². The van der Waals surface area contributed by atoms with Crippen molar-refractivity contribution in [3.05, 3.63) is 33.3 Å². The smallest absolute Gasteiger partial charge is 0.0451 e. The zero-order valence-electron chi connectivity index (χ0n) is 9.19. The van der Waals surface area contributed by atoms with Crippen LogP contribution in [0.5, 0.6) is 0 Å². The Balaban J connectivity index is 2.46. The number of hydrogen-bond acceptors (Lipinski definition) is 1. The van der Waals surface area contributed by atoms with E-state index in [9.17, 15) is 0 Å². The molecule has 1 N–H and O–H groups in total. The van der Waals surface area contributed by atoms with Crippen LogP contribution in [0.2, 0.25) is 5.02 Å². The Kier molecular flexibility index (Phi) is 5.65. The molecule has 1 aromatic rings. The average molecular weight is 291 g/mol. The molecule has 0 spiro atoms. The Hall–Kier alpha value is -0.0500. The molecule has 0 aliphatic rings. The summed E-state index contributed by atoms with van der Waals surface area (Å²) in [6.45, 7) is 6.33. The van der Waals surface area contributed by atoms with Crippen LogP contribution in [0.25, 0.3) is 0 Å². The Labute approximate surface area is 105 Å². The Bertz CT molecular complexity index is 314. The third-order valence-corrected chi connectivity index (χ3v) is 3.37. The Morgan fingerprint density at radius 2 is 2.20 bits per heavy atom. The molecule has 1 unspecified atom stereocenters. The van der Waals surface area contributed by atoms with Gasteiger partial charge in [-0.25, -0.2) is 0 Å². The molecule has 0 aliphatic heterocycles. The van der Waals surface area contributed by atoms with E-state index in [0.29, 0.717) is 0 Å². The summed E-state index contributed by atoms with van der Waals surface area (Å²) in [5, 5.41) is 4.24. The molecule has 1 atom stereocenters. The molecule has 0 heterocycles. The highest BCUT2D eigenvalue weighted by Gasteiger charge is 2.02. The number of benzene rings is 1. The van der Waals surface area contributed by atoms with Crippen LogP contribution >= 0.6 is 27.5 Å². The van der Waals surface area contributed by atoms with Gasteiger partial charge in [-0.3, -0.25) is 0 Å². The van der Waals surface area contributed by atoms with Crippen LogP contribution in [-0.2, 0) is 6.54 Å². The third-order valence-electron chi connectivity index (χ3n) is 2.51. The van der Waals surface area contributed by atoms with Gasteiger partial charge in [0.2, 0.25) is 0 Å². The first-order valence-electron chi connectivity index (χ1n) is 5.28. The van der Waals surface area contributed by atoms with Crippen molar-refractivity contribution in [3.8, 4) is 0 Å². The molecule has 3 heteroatoms. The van der Waals surface area contributed by atoms with Crippen LogP contribution in [0.15, 0.2) is 22.7 Å². The fourth-order valence-electron chi connectivity index (χ4n) is 1.28. The topological polar surface area (TPSA) is 12.0 Å². The number of nitrogens with one attached hydrogen (secondary N) is 1. The Morgan fingerprint density at radius 1 is 1.47 bits per heavy atom. The quantitative estimate of drug-likeness (QED) is 0.855. The van der Waals surface area contributed by atoms with Gasteiger partial charge in [0.1, 0.15) is 0 Å². The summed E-state index contributed by atoms with van der Waals surface area (Å²) in [7, 11) is 0. The molecule has 0 saturated heterocycles. The summed E-state index contributed by atoms with van der Waals surface area (Å²) in [6, 6.07) is 5.94. The van der Waals surface area contributed by atoms with Gasteiger partial charge in [-0.15, -0.1) is 0 Å². The molecule has 0 radical (unpaired) electrons. The van der Waals surface area contributed by atoms with E-state index in [-0.39, 0.29) is 0 Å². The maximum absolute atomic E-state index is 6.08. The monoisotopic (exact) mass is 289 g/mol. The van der Waals surface area contributed by atoms with Gasteiger partial charge in [0.15, 0.2) is 0 Å². The summed E-state index contributed by atoms with van der Waals surface area (Å²) < 4.78 is 1.08. The minimum Gasteiger partial charge on any atom is -0.312 e. The summed E-state index contributed by atoms with van der Waals surface area (Å²) >= 11 is 9.53. The zero-order valence-corrected chi connectivity index (χ0v) is 11.5. The van der Waals surface area contributed by atoms with Crippen molar-refractivity contribution in [2.75, 3.05) is 6.54 Å². The lowest BCUT2D eigenvalue weighted by Crippen LogP contribution is -2.20. The number of rotatable bonds is 5. The van der Waals surface area contributed by atoms with E-state index in [4.69, 9.17) is 11.6 Å². The van der Waals surface area contributed by atoms with Gasteiger partial charge in [0.05, 0.1) is 0 Å². The third kappa shape index (κ3) is 4.54. The molecule has 1 aromatic carbocycles. The predicted octanol–water partition coefficient (Wildman–Crippen LogP) is 4.24. The molecule has 0 aromatic heterocycles. The van der Waals surface area contributed by atoms with Gasteiger partial charge in [0, 0.05) is 16.0 Å². The molecule has 15 heavy (non-hydrogen) atoms. The van der Waals surface area contributed by atoms with Crippen LogP contribution in [0.3, 0.4) is 0 Å². The van der Waals surface area contributed by atoms with Crippen molar-refractivity contribution < 1.29 is 0 Å². The molecule has 0 bridgehead atoms. The highest BCUT2D eigenvalue weighted by molar-refractivity contribution is 9.10. The molecular formula is C12H17BrClN. The predicted molar refractivity (Wildman–Crippen MR) is 70.3 cm³/mol. The second-order valence-corrected chi connectivity index (χ2v) is 5.20. The van der Waals surface area contributed by atoms with E-state index < -0.39 is 0 Å². The van der Waals surface area contributed by atoms with E-state index in [1.165, 1.54) is 6.42 Å². The Morgan fingerprint density at radius 3 is 2.87 bits per heavy atom. The summed E-state index contributed by atoms with van der Waals surface area (Å²) in [4.78, 5) is 0. The molecule has 0 fully saturated rings. The maximum Gasteiger partial charge on any atom is 0.0451 e. The summed E-state index contributed by atoms with van der Waals surface area (Å²) in [5.41, 5.74) is 1.15. The van der Waals surface area contributed by atoms with Gasteiger partial charge >= 0.3 is 0 Å². The standard InChI is InChI=1S/C12H17BrClN/c1-3-9(2)7-15-8-10-6-11(13)4-5-12(10)14/h4-6,9,15H,3,7-8H2,1-2H3. The zero-order chi connectivity index (χ0) is 11.3. The largest absolute Gasteiger partial charge is 0.312 e. The lowest BCUT2D eigenvalue weighted by Gasteiger charge is -2.11. The highest BCUT2D eigenvalue weighted by Crippen LogP contribution is 2.20. The van der Waals surface area contributed by atoms with Gasteiger partial charge in [0.25, 0.3) is 0 Å². The van der Waals surface area contributed by atoms with E-state index >= 15 is 0 Å². The SMILES string of the molecule is CCC(C)CNCc1cc(Br)ccc1Cl. The lowest BCUT2D eigenvalue weighted by atomic mass is 10.1. The minimum absolute atomic E-state index is 0.718. The second-order valence-electron chi connectivity index (χ2n) is 3.88. The van der Waals surface area contributed by atoms with E-state index in [1.807, 2.05) is 12.1 Å². The average Bonchev–Trinajstić information content (AvgIpc) is 2.23. The van der Waals surface area contributed by atoms with Crippen molar-refractivity contribution in [2.45, 2.75) is 26.8 Å². The molecule has 84 valence electrons.